The molecule has 0 aliphatic heterocycles. The summed E-state index contributed by atoms with van der Waals surface area (Å²) in [6, 6.07) is 4.00. The van der Waals surface area contributed by atoms with Crippen LogP contribution in [0.2, 0.25) is 0 Å². The average Bonchev–Trinajstić information content (AvgIpc) is 2.04. The zero-order chi connectivity index (χ0) is 8.10. The van der Waals surface area contributed by atoms with E-state index in [9.17, 15) is 0 Å². The molecule has 1 heterocycles. The van der Waals surface area contributed by atoms with Gasteiger partial charge >= 0.3 is 0 Å². The van der Waals surface area contributed by atoms with Gasteiger partial charge in [0, 0.05) is 12.7 Å². The Morgan fingerprint density at radius 2 is 2.36 bits per heavy atom. The van der Waals surface area contributed by atoms with Gasteiger partial charge < -0.3 is 5.73 Å². The Balaban J connectivity index is 2.73. The molecule has 0 radical (unpaired) electrons. The Labute approximate surface area is 66.8 Å². The minimum Gasteiger partial charge on any atom is -0.327 e. The second-order valence-electron chi connectivity index (χ2n) is 2.40. The average molecular weight is 148 g/mol. The first-order valence-electron chi connectivity index (χ1n) is 3.62. The van der Waals surface area contributed by atoms with Crippen molar-refractivity contribution in [3.63, 3.8) is 0 Å². The molecule has 2 N–H and O–H groups in total. The van der Waals surface area contributed by atoms with E-state index in [0.29, 0.717) is 6.54 Å². The third-order valence-electron chi connectivity index (χ3n) is 1.36. The Morgan fingerprint density at radius 1 is 1.55 bits per heavy atom. The fourth-order valence-electron chi connectivity index (χ4n) is 0.767. The normalized spacial score (nSPS) is 10.7. The third kappa shape index (κ3) is 2.51. The van der Waals surface area contributed by atoms with Crippen LogP contribution in [0.3, 0.4) is 0 Å². The summed E-state index contributed by atoms with van der Waals surface area (Å²) in [5, 5.41) is 0. The fourth-order valence-corrected chi connectivity index (χ4v) is 0.767. The lowest BCUT2D eigenvalue weighted by Gasteiger charge is -1.92. The van der Waals surface area contributed by atoms with E-state index in [4.69, 9.17) is 5.73 Å². The topological polar surface area (TPSA) is 38.9 Å². The molecule has 1 aromatic rings. The van der Waals surface area contributed by atoms with Gasteiger partial charge in [-0.05, 0) is 24.6 Å². The maximum absolute atomic E-state index is 5.29. The van der Waals surface area contributed by atoms with Crippen LogP contribution in [0.4, 0.5) is 0 Å². The van der Waals surface area contributed by atoms with Gasteiger partial charge in [0.05, 0.1) is 5.69 Å². The van der Waals surface area contributed by atoms with Crippen molar-refractivity contribution in [2.45, 2.75) is 6.92 Å². The number of nitrogens with zero attached hydrogens (tertiary/aromatic N) is 1. The zero-order valence-corrected chi connectivity index (χ0v) is 6.62. The molecule has 11 heavy (non-hydrogen) atoms. The van der Waals surface area contributed by atoms with Crippen molar-refractivity contribution in [1.29, 1.82) is 0 Å². The molecule has 0 fully saturated rings. The molecule has 0 atom stereocenters. The molecule has 0 bridgehead atoms. The number of pyridine rings is 1. The van der Waals surface area contributed by atoms with Gasteiger partial charge in [-0.25, -0.2) is 0 Å². The number of hydrogen-bond donors (Lipinski definition) is 1. The van der Waals surface area contributed by atoms with Crippen LogP contribution in [0.15, 0.2) is 24.4 Å². The molecule has 58 valence electrons. The maximum atomic E-state index is 5.29. The van der Waals surface area contributed by atoms with Crippen LogP contribution in [0, 0.1) is 6.92 Å². The molecular weight excluding hydrogens is 136 g/mol. The summed E-state index contributed by atoms with van der Waals surface area (Å²) in [6.07, 6.45) is 5.65. The molecule has 2 nitrogen and oxygen atoms in total. The van der Waals surface area contributed by atoms with Gasteiger partial charge in [-0.15, -0.1) is 0 Å². The summed E-state index contributed by atoms with van der Waals surface area (Å²) in [6.45, 7) is 2.58. The molecule has 2 heteroatoms. The predicted octanol–water partition coefficient (Wildman–Crippen LogP) is 1.36. The van der Waals surface area contributed by atoms with Crippen LogP contribution in [0.1, 0.15) is 11.3 Å². The minimum absolute atomic E-state index is 0.565. The van der Waals surface area contributed by atoms with Crippen molar-refractivity contribution in [2.24, 2.45) is 5.73 Å². The highest BCUT2D eigenvalue weighted by molar-refractivity contribution is 5.44. The van der Waals surface area contributed by atoms with E-state index < -0.39 is 0 Å². The largest absolute Gasteiger partial charge is 0.327 e. The number of aryl methyl sites for hydroxylation is 1. The van der Waals surface area contributed by atoms with Gasteiger partial charge in [-0.3, -0.25) is 4.98 Å². The SMILES string of the molecule is Cc1ccc(C=CCN)nc1. The standard InChI is InChI=1S/C9H12N2/c1-8-4-5-9(11-7-8)3-2-6-10/h2-5,7H,6,10H2,1H3. The summed E-state index contributed by atoms with van der Waals surface area (Å²) < 4.78 is 0. The number of hydrogen-bond acceptors (Lipinski definition) is 2. The molecule has 0 spiro atoms. The first-order valence-corrected chi connectivity index (χ1v) is 3.62. The molecule has 0 aliphatic carbocycles. The lowest BCUT2D eigenvalue weighted by molar-refractivity contribution is 1.23. The van der Waals surface area contributed by atoms with E-state index in [-0.39, 0.29) is 0 Å². The summed E-state index contributed by atoms with van der Waals surface area (Å²) >= 11 is 0. The highest BCUT2D eigenvalue weighted by Gasteiger charge is 1.85. The fraction of sp³-hybridized carbons (Fsp3) is 0.222. The molecule has 0 amide bonds. The van der Waals surface area contributed by atoms with E-state index in [1.54, 1.807) is 0 Å². The van der Waals surface area contributed by atoms with Crippen molar-refractivity contribution in [3.05, 3.63) is 35.7 Å². The first-order chi connectivity index (χ1) is 5.33. The summed E-state index contributed by atoms with van der Waals surface area (Å²) in [5.41, 5.74) is 7.43. The Bertz CT molecular complexity index is 236. The van der Waals surface area contributed by atoms with Gasteiger partial charge in [0.2, 0.25) is 0 Å². The van der Waals surface area contributed by atoms with E-state index in [0.717, 1.165) is 5.69 Å². The smallest absolute Gasteiger partial charge is 0.0627 e. The molecule has 0 saturated carbocycles. The number of aromatic nitrogens is 1. The quantitative estimate of drug-likeness (QED) is 0.687. The van der Waals surface area contributed by atoms with Gasteiger partial charge in [-0.1, -0.05) is 12.1 Å². The molecular formula is C9H12N2. The second kappa shape index (κ2) is 3.88. The van der Waals surface area contributed by atoms with Gasteiger partial charge in [0.25, 0.3) is 0 Å². The molecule has 1 rings (SSSR count). The summed E-state index contributed by atoms with van der Waals surface area (Å²) in [4.78, 5) is 4.17. The van der Waals surface area contributed by atoms with Crippen molar-refractivity contribution >= 4 is 6.08 Å². The summed E-state index contributed by atoms with van der Waals surface area (Å²) in [7, 11) is 0. The van der Waals surface area contributed by atoms with E-state index in [1.807, 2.05) is 37.4 Å². The zero-order valence-electron chi connectivity index (χ0n) is 6.62. The Kier molecular flexibility index (Phi) is 2.81. The predicted molar refractivity (Wildman–Crippen MR) is 47.1 cm³/mol. The van der Waals surface area contributed by atoms with Crippen LogP contribution >= 0.6 is 0 Å². The van der Waals surface area contributed by atoms with E-state index in [2.05, 4.69) is 4.98 Å². The molecule has 0 saturated heterocycles. The van der Waals surface area contributed by atoms with Crippen molar-refractivity contribution in [2.75, 3.05) is 6.54 Å². The first kappa shape index (κ1) is 7.95. The number of rotatable bonds is 2. The van der Waals surface area contributed by atoms with Gasteiger partial charge in [0.15, 0.2) is 0 Å². The maximum Gasteiger partial charge on any atom is 0.0627 e. The second-order valence-corrected chi connectivity index (χ2v) is 2.40. The molecule has 0 aromatic carbocycles. The van der Waals surface area contributed by atoms with Crippen molar-refractivity contribution in [3.8, 4) is 0 Å². The highest BCUT2D eigenvalue weighted by Crippen LogP contribution is 1.99. The Hall–Kier alpha value is -1.15. The molecule has 1 aromatic heterocycles. The lowest BCUT2D eigenvalue weighted by Crippen LogP contribution is -1.92. The lowest BCUT2D eigenvalue weighted by atomic mass is 10.2. The molecule has 0 unspecified atom stereocenters. The van der Waals surface area contributed by atoms with Crippen LogP contribution in [0.5, 0.6) is 0 Å². The molecule has 0 aliphatic rings. The summed E-state index contributed by atoms with van der Waals surface area (Å²) in [5.74, 6) is 0. The van der Waals surface area contributed by atoms with Crippen LogP contribution in [-0.2, 0) is 0 Å². The minimum atomic E-state index is 0.565. The van der Waals surface area contributed by atoms with Crippen LogP contribution in [0.25, 0.3) is 6.08 Å². The van der Waals surface area contributed by atoms with Gasteiger partial charge in [-0.2, -0.15) is 0 Å². The monoisotopic (exact) mass is 148 g/mol. The van der Waals surface area contributed by atoms with E-state index >= 15 is 0 Å². The van der Waals surface area contributed by atoms with Crippen molar-refractivity contribution in [1.82, 2.24) is 4.98 Å². The third-order valence-corrected chi connectivity index (χ3v) is 1.36. The van der Waals surface area contributed by atoms with Gasteiger partial charge in [0.1, 0.15) is 0 Å². The highest BCUT2D eigenvalue weighted by atomic mass is 14.7. The number of nitrogens with two attached hydrogens (primary N) is 1. The van der Waals surface area contributed by atoms with Crippen LogP contribution < -0.4 is 5.73 Å². The van der Waals surface area contributed by atoms with Crippen molar-refractivity contribution < 1.29 is 0 Å². The van der Waals surface area contributed by atoms with E-state index in [1.165, 1.54) is 5.56 Å². The Morgan fingerprint density at radius 3 is 2.91 bits per heavy atom. The van der Waals surface area contributed by atoms with Crippen LogP contribution in [-0.4, -0.2) is 11.5 Å².